The van der Waals surface area contributed by atoms with Gasteiger partial charge in [-0.2, -0.15) is 23.5 Å². The van der Waals surface area contributed by atoms with Gasteiger partial charge in [0.2, 0.25) is 0 Å². The predicted molar refractivity (Wildman–Crippen MR) is 158 cm³/mol. The van der Waals surface area contributed by atoms with Crippen LogP contribution < -0.4 is 5.32 Å². The van der Waals surface area contributed by atoms with Crippen molar-refractivity contribution in [3.05, 3.63) is 76.3 Å². The zero-order chi connectivity index (χ0) is 29.4. The molecule has 1 aromatic carbocycles. The summed E-state index contributed by atoms with van der Waals surface area (Å²) in [6, 6.07) is 10.2. The topological polar surface area (TPSA) is 98.5 Å². The van der Waals surface area contributed by atoms with Crippen molar-refractivity contribution in [2.24, 2.45) is 0 Å². The Hall–Kier alpha value is -4.21. The number of nitrogens with zero attached hydrogens (tertiary/aromatic N) is 6. The highest BCUT2D eigenvalue weighted by molar-refractivity contribution is 7.18. The molecule has 42 heavy (non-hydrogen) atoms. The van der Waals surface area contributed by atoms with Crippen molar-refractivity contribution in [2.45, 2.75) is 51.5 Å². The summed E-state index contributed by atoms with van der Waals surface area (Å²) < 4.78 is 41.0. The maximum absolute atomic E-state index is 13.0. The molecule has 5 aromatic rings. The molecule has 5 heterocycles. The lowest BCUT2D eigenvalue weighted by atomic mass is 10.0. The molecule has 0 radical (unpaired) electrons. The van der Waals surface area contributed by atoms with Crippen LogP contribution in [0.3, 0.4) is 0 Å². The third-order valence-electron chi connectivity index (χ3n) is 7.82. The summed E-state index contributed by atoms with van der Waals surface area (Å²) in [5, 5.41) is 21.8. The van der Waals surface area contributed by atoms with Crippen LogP contribution >= 0.6 is 11.3 Å². The third kappa shape index (κ3) is 5.75. The molecule has 216 valence electrons. The fraction of sp³-hybridized carbons (Fsp3) is 0.333. The van der Waals surface area contributed by atoms with Gasteiger partial charge in [-0.15, -0.1) is 11.3 Å². The minimum absolute atomic E-state index is 0.140. The number of piperidine rings is 1. The monoisotopic (exact) mass is 590 g/mol. The number of H-pyrrole nitrogens is 1. The lowest BCUT2D eigenvalue weighted by molar-refractivity contribution is -0.126. The van der Waals surface area contributed by atoms with Crippen molar-refractivity contribution in [1.82, 2.24) is 29.6 Å². The highest BCUT2D eigenvalue weighted by Crippen LogP contribution is 2.34. The zero-order valence-electron chi connectivity index (χ0n) is 23.0. The molecule has 1 aliphatic heterocycles. The van der Waals surface area contributed by atoms with Crippen molar-refractivity contribution in [1.29, 1.82) is 5.26 Å². The van der Waals surface area contributed by atoms with E-state index < -0.39 is 12.6 Å². The first kappa shape index (κ1) is 27.9. The average molecular weight is 591 g/mol. The molecular formula is C30H29F3N8S. The minimum atomic E-state index is -4.28. The summed E-state index contributed by atoms with van der Waals surface area (Å²) >= 11 is 1.05. The Labute approximate surface area is 244 Å². The Kier molecular flexibility index (Phi) is 7.47. The van der Waals surface area contributed by atoms with Crippen LogP contribution in [0.1, 0.15) is 45.9 Å². The van der Waals surface area contributed by atoms with Gasteiger partial charge < -0.3 is 9.88 Å². The standard InChI is InChI=1S/C30H29F3N8S/c1-3-27-38-28(25-11-23(12-30(31,32)33)42-29(25)39-27)37-21-6-8-40(9-7-21)17-20-4-5-26-24(18(20)2)10-22(13-34)41(26)16-19-14-35-36-15-19/h3-5,10-11,14-15,21H,1,6-9,12,16-17H2,2H3,(H,35,36)(H,37,38,39). The van der Waals surface area contributed by atoms with Crippen molar-refractivity contribution in [2.75, 3.05) is 18.4 Å². The second-order valence-corrected chi connectivity index (χ2v) is 11.8. The molecule has 0 bridgehead atoms. The average Bonchev–Trinajstić information content (AvgIpc) is 3.70. The summed E-state index contributed by atoms with van der Waals surface area (Å²) in [7, 11) is 0. The maximum Gasteiger partial charge on any atom is 0.393 e. The number of fused-ring (bicyclic) bond motifs is 2. The quantitative estimate of drug-likeness (QED) is 0.216. The molecule has 12 heteroatoms. The van der Waals surface area contributed by atoms with E-state index in [2.05, 4.69) is 62.1 Å². The number of aromatic amines is 1. The van der Waals surface area contributed by atoms with E-state index in [1.54, 1.807) is 12.3 Å². The first-order valence-electron chi connectivity index (χ1n) is 13.7. The lowest BCUT2D eigenvalue weighted by Crippen LogP contribution is -2.39. The van der Waals surface area contributed by atoms with E-state index in [0.717, 1.165) is 60.3 Å². The van der Waals surface area contributed by atoms with Gasteiger partial charge in [-0.05, 0) is 55.2 Å². The number of rotatable bonds is 8. The highest BCUT2D eigenvalue weighted by Gasteiger charge is 2.29. The zero-order valence-corrected chi connectivity index (χ0v) is 23.8. The minimum Gasteiger partial charge on any atom is -0.367 e. The molecule has 8 nitrogen and oxygen atoms in total. The van der Waals surface area contributed by atoms with E-state index in [0.29, 0.717) is 34.1 Å². The molecular weight excluding hydrogens is 561 g/mol. The summed E-state index contributed by atoms with van der Waals surface area (Å²) in [5.74, 6) is 0.958. The van der Waals surface area contributed by atoms with Gasteiger partial charge >= 0.3 is 6.18 Å². The SMILES string of the molecule is C=Cc1nc(NC2CCN(Cc3ccc4c(cc(C#N)n4Cc4cn[nH]c4)c3C)CC2)c2cc(CC(F)(F)F)sc2n1. The Bertz CT molecular complexity index is 1790. The lowest BCUT2D eigenvalue weighted by Gasteiger charge is -2.33. The van der Waals surface area contributed by atoms with Crippen LogP contribution in [0.25, 0.3) is 27.2 Å². The molecule has 1 saturated heterocycles. The molecule has 0 unspecified atom stereocenters. The molecule has 6 rings (SSSR count). The number of thiophene rings is 1. The van der Waals surface area contributed by atoms with Gasteiger partial charge in [-0.25, -0.2) is 9.97 Å². The van der Waals surface area contributed by atoms with Crippen LogP contribution in [0.4, 0.5) is 19.0 Å². The molecule has 1 fully saturated rings. The third-order valence-corrected chi connectivity index (χ3v) is 8.85. The van der Waals surface area contributed by atoms with E-state index >= 15 is 0 Å². The van der Waals surface area contributed by atoms with Gasteiger partial charge in [0, 0.05) is 53.2 Å². The van der Waals surface area contributed by atoms with Gasteiger partial charge in [0.05, 0.1) is 24.5 Å². The molecule has 0 aliphatic carbocycles. The first-order chi connectivity index (χ1) is 20.2. The van der Waals surface area contributed by atoms with Crippen LogP contribution in [0.15, 0.2) is 43.2 Å². The number of nitrogens with one attached hydrogen (secondary N) is 2. The highest BCUT2D eigenvalue weighted by atomic mass is 32.1. The van der Waals surface area contributed by atoms with Crippen molar-refractivity contribution in [3.63, 3.8) is 0 Å². The summed E-state index contributed by atoms with van der Waals surface area (Å²) in [5.41, 5.74) is 5.04. The van der Waals surface area contributed by atoms with Gasteiger partial charge in [-0.1, -0.05) is 12.6 Å². The van der Waals surface area contributed by atoms with Crippen molar-refractivity contribution < 1.29 is 13.2 Å². The van der Waals surface area contributed by atoms with Crippen LogP contribution in [0.5, 0.6) is 0 Å². The van der Waals surface area contributed by atoms with E-state index in [-0.39, 0.29) is 10.9 Å². The Morgan fingerprint density at radius 1 is 1.19 bits per heavy atom. The normalized spacial score (nSPS) is 14.9. The number of aryl methyl sites for hydroxylation is 1. The number of halogens is 3. The number of hydrogen-bond acceptors (Lipinski definition) is 7. The summed E-state index contributed by atoms with van der Waals surface area (Å²) in [4.78, 5) is 12.1. The van der Waals surface area contributed by atoms with Gasteiger partial charge in [0.25, 0.3) is 0 Å². The fourth-order valence-corrected chi connectivity index (χ4v) is 6.71. The number of likely N-dealkylation sites (tertiary alicyclic amines) is 1. The van der Waals surface area contributed by atoms with Gasteiger partial charge in [0.1, 0.15) is 22.4 Å². The molecule has 0 amide bonds. The molecule has 4 aromatic heterocycles. The van der Waals surface area contributed by atoms with Gasteiger partial charge in [0.15, 0.2) is 5.82 Å². The van der Waals surface area contributed by atoms with E-state index in [1.807, 2.05) is 16.8 Å². The molecule has 1 aliphatic rings. The van der Waals surface area contributed by atoms with Crippen LogP contribution in [-0.2, 0) is 19.5 Å². The second-order valence-electron chi connectivity index (χ2n) is 10.7. The number of nitriles is 1. The Morgan fingerprint density at radius 2 is 2.00 bits per heavy atom. The first-order valence-corrected chi connectivity index (χ1v) is 14.5. The van der Waals surface area contributed by atoms with Crippen molar-refractivity contribution in [3.8, 4) is 6.07 Å². The van der Waals surface area contributed by atoms with E-state index in [4.69, 9.17) is 0 Å². The van der Waals surface area contributed by atoms with E-state index in [1.165, 1.54) is 17.2 Å². The van der Waals surface area contributed by atoms with Crippen LogP contribution in [0, 0.1) is 18.3 Å². The molecule has 0 saturated carbocycles. The molecule has 2 N–H and O–H groups in total. The number of anilines is 1. The van der Waals surface area contributed by atoms with Crippen molar-refractivity contribution >= 4 is 44.4 Å². The fourth-order valence-electron chi connectivity index (χ4n) is 5.65. The van der Waals surface area contributed by atoms with E-state index in [9.17, 15) is 18.4 Å². The second kappa shape index (κ2) is 11.2. The predicted octanol–water partition coefficient (Wildman–Crippen LogP) is 6.42. The van der Waals surface area contributed by atoms with Gasteiger partial charge in [-0.3, -0.25) is 10.00 Å². The largest absolute Gasteiger partial charge is 0.393 e. The molecule has 0 spiro atoms. The van der Waals surface area contributed by atoms with Crippen LogP contribution in [-0.4, -0.2) is 54.9 Å². The molecule has 0 atom stereocenters. The number of hydrogen-bond donors (Lipinski definition) is 2. The summed E-state index contributed by atoms with van der Waals surface area (Å²) in [6.07, 6.45) is 1.61. The number of aromatic nitrogens is 5. The maximum atomic E-state index is 13.0. The number of benzene rings is 1. The number of alkyl halides is 3. The Balaban J connectivity index is 1.14. The van der Waals surface area contributed by atoms with Crippen LogP contribution in [0.2, 0.25) is 0 Å². The Morgan fingerprint density at radius 3 is 2.69 bits per heavy atom. The summed E-state index contributed by atoms with van der Waals surface area (Å²) in [6.45, 7) is 8.96. The smallest absolute Gasteiger partial charge is 0.367 e.